The molecule has 7 rings (SSSR count). The average Bonchev–Trinajstić information content (AvgIpc) is 3.77. The van der Waals surface area contributed by atoms with Gasteiger partial charge < -0.3 is 23.5 Å². The Morgan fingerprint density at radius 3 is 2.46 bits per heavy atom. The molecule has 2 atom stereocenters. The van der Waals surface area contributed by atoms with Gasteiger partial charge in [-0.25, -0.2) is 4.98 Å². The highest BCUT2D eigenvalue weighted by Crippen LogP contribution is 2.38. The second-order valence-corrected chi connectivity index (χ2v) is 14.3. The summed E-state index contributed by atoms with van der Waals surface area (Å²) in [7, 11) is 2.26. The van der Waals surface area contributed by atoms with Crippen molar-refractivity contribution < 1.29 is 18.5 Å². The van der Waals surface area contributed by atoms with Crippen molar-refractivity contribution in [3.8, 4) is 36.0 Å². The molecule has 3 aromatic heterocycles. The van der Waals surface area contributed by atoms with E-state index >= 15 is 0 Å². The molecule has 1 aliphatic heterocycles. The molecule has 9 nitrogen and oxygen atoms in total. The molecule has 0 spiro atoms. The van der Waals surface area contributed by atoms with Crippen molar-refractivity contribution in [1.29, 1.82) is 0 Å². The number of fused-ring (bicyclic) bond motifs is 2. The number of imidazole rings is 1. The fourth-order valence-electron chi connectivity index (χ4n) is 6.84. The lowest BCUT2D eigenvalue weighted by molar-refractivity contribution is 0.0673. The van der Waals surface area contributed by atoms with Gasteiger partial charge in [-0.1, -0.05) is 30.3 Å². The van der Waals surface area contributed by atoms with Crippen molar-refractivity contribution in [2.75, 3.05) is 39.3 Å². The first kappa shape index (κ1) is 33.3. The summed E-state index contributed by atoms with van der Waals surface area (Å²) in [6.07, 6.45) is 15.2. The van der Waals surface area contributed by atoms with Crippen LogP contribution in [0.3, 0.4) is 0 Å². The number of likely N-dealkylation sites (tertiary alicyclic amines) is 1. The monoisotopic (exact) mass is 665 g/mol. The molecule has 250 valence electrons. The molecule has 5 aromatic rings. The molecule has 1 saturated carbocycles. The summed E-state index contributed by atoms with van der Waals surface area (Å²) in [5, 5.41) is 1.01. The maximum Gasteiger partial charge on any atom is 0.254 e. The van der Waals surface area contributed by atoms with Crippen LogP contribution in [0.1, 0.15) is 41.6 Å². The van der Waals surface area contributed by atoms with E-state index in [-0.39, 0.29) is 5.91 Å². The molecule has 1 unspecified atom stereocenters. The first-order valence-corrected chi connectivity index (χ1v) is 18.2. The molecular formula is C38H43N5O4S. The molecule has 2 fully saturated rings. The maximum absolute atomic E-state index is 14.0. The Kier molecular flexibility index (Phi) is 10.2. The summed E-state index contributed by atoms with van der Waals surface area (Å²) in [5.74, 6) is 3.39. The third-order valence-corrected chi connectivity index (χ3v) is 10.1. The maximum atomic E-state index is 14.0. The normalized spacial score (nSPS) is 16.8. The summed E-state index contributed by atoms with van der Waals surface area (Å²) in [4.78, 5) is 26.0. The highest BCUT2D eigenvalue weighted by Gasteiger charge is 2.29. The van der Waals surface area contributed by atoms with E-state index in [0.717, 1.165) is 67.0 Å². The average molecular weight is 666 g/mol. The molecule has 0 radical (unpaired) electrons. The molecule has 0 N–H and O–H groups in total. The Balaban J connectivity index is 0.00000197. The van der Waals surface area contributed by atoms with Crippen molar-refractivity contribution in [2.24, 2.45) is 11.8 Å². The van der Waals surface area contributed by atoms with Gasteiger partial charge >= 0.3 is 0 Å². The van der Waals surface area contributed by atoms with Crippen LogP contribution in [0.25, 0.3) is 33.6 Å². The Morgan fingerprint density at radius 2 is 1.75 bits per heavy atom. The predicted molar refractivity (Wildman–Crippen MR) is 192 cm³/mol. The number of rotatable bonds is 11. The number of benzene rings is 2. The molecule has 48 heavy (non-hydrogen) atoms. The molecule has 0 bridgehead atoms. The van der Waals surface area contributed by atoms with E-state index < -0.39 is 10.8 Å². The van der Waals surface area contributed by atoms with E-state index in [1.165, 1.54) is 18.4 Å². The standard InChI is InChI=1S/C36H41N5O4S.C2H2/c1-44-31-21-28(36(42)39-15-7-10-26(22-39)18-24-8-5-4-6-9-24)19-29-33(31)40(16-17-46(3)43)35(37-29)30-20-27-13-14-32(45-2)38-34(27)41(30)23-25-11-12-25;1-2/h4-6,8-9,13-14,19-21,25-26H,7,10-12,15-18,22-23H2,1-3H3;1-2H/t26-,46?;/m0./s1. The molecule has 4 heterocycles. The first-order valence-electron chi connectivity index (χ1n) is 16.5. The number of nitrogens with zero attached hydrogens (tertiary/aromatic N) is 5. The van der Waals surface area contributed by atoms with Crippen LogP contribution in [-0.4, -0.2) is 73.4 Å². The van der Waals surface area contributed by atoms with Gasteiger partial charge in [0, 0.05) is 66.0 Å². The van der Waals surface area contributed by atoms with Crippen LogP contribution in [-0.2, 0) is 30.3 Å². The lowest BCUT2D eigenvalue weighted by atomic mass is 9.91. The van der Waals surface area contributed by atoms with Gasteiger partial charge in [0.25, 0.3) is 5.91 Å². The molecule has 1 amide bonds. The largest absolute Gasteiger partial charge is 0.494 e. The van der Waals surface area contributed by atoms with E-state index in [9.17, 15) is 9.00 Å². The fourth-order valence-corrected chi connectivity index (χ4v) is 7.28. The number of aryl methyl sites for hydroxylation is 1. The fraction of sp³-hybridized carbons (Fsp3) is 0.395. The van der Waals surface area contributed by atoms with Crippen molar-refractivity contribution in [1.82, 2.24) is 24.0 Å². The molecule has 10 heteroatoms. The van der Waals surface area contributed by atoms with Gasteiger partial charge in [-0.2, -0.15) is 4.98 Å². The van der Waals surface area contributed by atoms with Crippen LogP contribution in [0, 0.1) is 24.7 Å². The highest BCUT2D eigenvalue weighted by molar-refractivity contribution is 7.84. The minimum Gasteiger partial charge on any atom is -0.494 e. The Bertz CT molecular complexity index is 1960. The number of hydrogen-bond donors (Lipinski definition) is 0. The number of amides is 1. The number of methoxy groups -OCH3 is 2. The summed E-state index contributed by atoms with van der Waals surface area (Å²) >= 11 is 0. The first-order chi connectivity index (χ1) is 23.4. The number of carbonyl (C=O) groups is 1. The molecule has 1 aliphatic carbocycles. The lowest BCUT2D eigenvalue weighted by Gasteiger charge is -2.33. The van der Waals surface area contributed by atoms with E-state index in [4.69, 9.17) is 19.4 Å². The second kappa shape index (κ2) is 14.7. The zero-order chi connectivity index (χ0) is 33.8. The topological polar surface area (TPSA) is 91.5 Å². The van der Waals surface area contributed by atoms with Crippen LogP contribution in [0.4, 0.5) is 0 Å². The van der Waals surface area contributed by atoms with Gasteiger partial charge in [0.1, 0.15) is 16.9 Å². The van der Waals surface area contributed by atoms with Crippen molar-refractivity contribution in [3.63, 3.8) is 0 Å². The number of carbonyl (C=O) groups excluding carboxylic acids is 1. The quantitative estimate of drug-likeness (QED) is 0.156. The second-order valence-electron chi connectivity index (χ2n) is 12.7. The van der Waals surface area contributed by atoms with Crippen LogP contribution < -0.4 is 9.47 Å². The van der Waals surface area contributed by atoms with Gasteiger partial charge in [-0.15, -0.1) is 12.8 Å². The van der Waals surface area contributed by atoms with Crippen LogP contribution in [0.15, 0.2) is 60.7 Å². The zero-order valence-corrected chi connectivity index (χ0v) is 28.7. The van der Waals surface area contributed by atoms with Crippen molar-refractivity contribution in [3.05, 3.63) is 71.8 Å². The molecule has 1 saturated heterocycles. The van der Waals surface area contributed by atoms with Crippen LogP contribution in [0.5, 0.6) is 11.6 Å². The smallest absolute Gasteiger partial charge is 0.254 e. The summed E-state index contributed by atoms with van der Waals surface area (Å²) in [5.41, 5.74) is 5.17. The lowest BCUT2D eigenvalue weighted by Crippen LogP contribution is -2.40. The molecular weight excluding hydrogens is 623 g/mol. The number of hydrogen-bond acceptors (Lipinski definition) is 6. The minimum atomic E-state index is -1.01. The van der Waals surface area contributed by atoms with E-state index in [1.54, 1.807) is 20.5 Å². The zero-order valence-electron chi connectivity index (χ0n) is 27.9. The van der Waals surface area contributed by atoms with Crippen molar-refractivity contribution >= 4 is 38.8 Å². The Hall–Kier alpha value is -4.62. The molecule has 2 aromatic carbocycles. The Morgan fingerprint density at radius 1 is 0.958 bits per heavy atom. The van der Waals surface area contributed by atoms with Crippen LogP contribution in [0.2, 0.25) is 0 Å². The number of ether oxygens (including phenoxy) is 2. The van der Waals surface area contributed by atoms with Crippen molar-refractivity contribution in [2.45, 2.75) is 45.2 Å². The van der Waals surface area contributed by atoms with Crippen LogP contribution >= 0.6 is 0 Å². The SMILES string of the molecule is C#C.COc1ccc2cc(-c3nc4cc(C(=O)N5CCC[C@@H](Cc6ccccc6)C5)cc(OC)c4n3CCS(C)=O)n(CC3CC3)c2n1. The number of aromatic nitrogens is 4. The third kappa shape index (κ3) is 6.97. The summed E-state index contributed by atoms with van der Waals surface area (Å²) in [6, 6.07) is 20.3. The van der Waals surface area contributed by atoms with Gasteiger partial charge in [-0.05, 0) is 73.8 Å². The summed E-state index contributed by atoms with van der Waals surface area (Å²) < 4.78 is 28.1. The van der Waals surface area contributed by atoms with Gasteiger partial charge in [0.05, 0.1) is 25.4 Å². The van der Waals surface area contributed by atoms with E-state index in [0.29, 0.717) is 46.8 Å². The minimum absolute atomic E-state index is 0.00265. The number of terminal acetylenes is 1. The van der Waals surface area contributed by atoms with E-state index in [2.05, 4.69) is 52.3 Å². The number of pyridine rings is 1. The van der Waals surface area contributed by atoms with Gasteiger partial charge in [0.15, 0.2) is 5.82 Å². The number of piperidine rings is 1. The molecule has 2 aliphatic rings. The predicted octanol–water partition coefficient (Wildman–Crippen LogP) is 6.20. The Labute approximate surface area is 284 Å². The third-order valence-electron chi connectivity index (χ3n) is 9.34. The van der Waals surface area contributed by atoms with Gasteiger partial charge in [0.2, 0.25) is 5.88 Å². The highest BCUT2D eigenvalue weighted by atomic mass is 32.2. The van der Waals surface area contributed by atoms with Gasteiger partial charge in [-0.3, -0.25) is 9.00 Å². The summed E-state index contributed by atoms with van der Waals surface area (Å²) in [6.45, 7) is 2.80. The van der Waals surface area contributed by atoms with E-state index in [1.807, 2.05) is 35.2 Å².